The quantitative estimate of drug-likeness (QED) is 0.838. The molecule has 4 heteroatoms. The average Bonchev–Trinajstić information content (AvgIpc) is 3.08. The molecule has 0 bridgehead atoms. The topological polar surface area (TPSA) is 29.9 Å². The van der Waals surface area contributed by atoms with E-state index in [-0.39, 0.29) is 6.04 Å². The Morgan fingerprint density at radius 1 is 1.37 bits per heavy atom. The molecule has 0 aliphatic carbocycles. The molecule has 0 fully saturated rings. The molecular weight excluding hydrogens is 254 g/mol. The van der Waals surface area contributed by atoms with Gasteiger partial charge in [-0.1, -0.05) is 13.8 Å². The number of hydrogen-bond donors (Lipinski definition) is 1. The number of nitrogens with one attached hydrogen (secondary N) is 1. The molecule has 2 rings (SSSR count). The van der Waals surface area contributed by atoms with Crippen LogP contribution in [0.3, 0.4) is 0 Å². The van der Waals surface area contributed by atoms with E-state index in [9.17, 15) is 0 Å². The van der Waals surface area contributed by atoms with E-state index < -0.39 is 0 Å². The minimum atomic E-state index is 0.287. The Balaban J connectivity index is 2.29. The third-order valence-corrected chi connectivity index (χ3v) is 4.36. The lowest BCUT2D eigenvalue weighted by molar-refractivity contribution is 0.600. The van der Waals surface area contributed by atoms with Gasteiger partial charge in [0.1, 0.15) is 0 Å². The Kier molecular flexibility index (Phi) is 5.16. The lowest BCUT2D eigenvalue weighted by Gasteiger charge is -2.17. The second kappa shape index (κ2) is 6.87. The summed E-state index contributed by atoms with van der Waals surface area (Å²) in [5, 5.41) is 10.3. The van der Waals surface area contributed by atoms with Crippen LogP contribution in [0.1, 0.15) is 49.2 Å². The Labute approximate surface area is 119 Å². The van der Waals surface area contributed by atoms with Gasteiger partial charge in [-0.2, -0.15) is 5.10 Å². The van der Waals surface area contributed by atoms with Gasteiger partial charge in [0.05, 0.1) is 12.2 Å². The third kappa shape index (κ3) is 3.25. The molecule has 0 radical (unpaired) electrons. The molecule has 0 aromatic carbocycles. The highest BCUT2D eigenvalue weighted by atomic mass is 32.1. The van der Waals surface area contributed by atoms with Gasteiger partial charge in [0.25, 0.3) is 0 Å². The molecule has 0 amide bonds. The number of aryl methyl sites for hydroxylation is 2. The number of hydrogen-bond acceptors (Lipinski definition) is 3. The van der Waals surface area contributed by atoms with Crippen LogP contribution in [0.25, 0.3) is 0 Å². The molecule has 1 unspecified atom stereocenters. The Hall–Kier alpha value is -1.13. The Bertz CT molecular complexity index is 501. The summed E-state index contributed by atoms with van der Waals surface area (Å²) in [6, 6.07) is 2.53. The van der Waals surface area contributed by atoms with Crippen molar-refractivity contribution < 1.29 is 0 Å². The van der Waals surface area contributed by atoms with Gasteiger partial charge in [0.2, 0.25) is 0 Å². The first-order valence-corrected chi connectivity index (χ1v) is 8.00. The van der Waals surface area contributed by atoms with Crippen molar-refractivity contribution in [2.75, 3.05) is 6.54 Å². The molecule has 0 aliphatic rings. The fraction of sp³-hybridized carbons (Fsp3) is 0.533. The van der Waals surface area contributed by atoms with Gasteiger partial charge < -0.3 is 5.32 Å². The van der Waals surface area contributed by atoms with Crippen LogP contribution in [0.4, 0.5) is 0 Å². The van der Waals surface area contributed by atoms with Gasteiger partial charge in [-0.25, -0.2) is 0 Å². The van der Waals surface area contributed by atoms with Gasteiger partial charge in [0.15, 0.2) is 0 Å². The smallest absolute Gasteiger partial charge is 0.0704 e. The summed E-state index contributed by atoms with van der Waals surface area (Å²) in [7, 11) is 0. The van der Waals surface area contributed by atoms with Crippen LogP contribution in [0.15, 0.2) is 23.8 Å². The lowest BCUT2D eigenvalue weighted by atomic mass is 10.0. The van der Waals surface area contributed by atoms with Gasteiger partial charge in [-0.15, -0.1) is 11.3 Å². The minimum Gasteiger partial charge on any atom is -0.305 e. The average molecular weight is 277 g/mol. The molecule has 0 aliphatic heterocycles. The minimum absolute atomic E-state index is 0.287. The van der Waals surface area contributed by atoms with Crippen LogP contribution in [0, 0.1) is 0 Å². The van der Waals surface area contributed by atoms with Crippen LogP contribution in [-0.2, 0) is 13.0 Å². The standard InChI is InChI=1S/C15H23N3S/c1-4-8-16-14(13-10-17-18(6-3)11-13)15-12(5-2)7-9-19-15/h7,9-11,14,16H,4-6,8H2,1-3H3. The maximum atomic E-state index is 4.41. The van der Waals surface area contributed by atoms with E-state index in [4.69, 9.17) is 0 Å². The summed E-state index contributed by atoms with van der Waals surface area (Å²) in [6.45, 7) is 8.50. The summed E-state index contributed by atoms with van der Waals surface area (Å²) in [6.07, 6.45) is 6.39. The molecule has 2 aromatic heterocycles. The molecule has 2 aromatic rings. The Morgan fingerprint density at radius 3 is 2.84 bits per heavy atom. The zero-order valence-corrected chi connectivity index (χ0v) is 12.8. The highest BCUT2D eigenvalue weighted by molar-refractivity contribution is 7.10. The van der Waals surface area contributed by atoms with E-state index in [2.05, 4.69) is 48.8 Å². The van der Waals surface area contributed by atoms with Crippen LogP contribution in [0.5, 0.6) is 0 Å². The first-order valence-electron chi connectivity index (χ1n) is 7.12. The molecule has 1 atom stereocenters. The fourth-order valence-electron chi connectivity index (χ4n) is 2.24. The number of thiophene rings is 1. The lowest BCUT2D eigenvalue weighted by Crippen LogP contribution is -2.22. The maximum Gasteiger partial charge on any atom is 0.0704 e. The van der Waals surface area contributed by atoms with Crippen molar-refractivity contribution >= 4 is 11.3 Å². The second-order valence-corrected chi connectivity index (χ2v) is 5.63. The van der Waals surface area contributed by atoms with Gasteiger partial charge in [0, 0.05) is 23.2 Å². The highest BCUT2D eigenvalue weighted by Gasteiger charge is 2.19. The van der Waals surface area contributed by atoms with Crippen LogP contribution >= 0.6 is 11.3 Å². The van der Waals surface area contributed by atoms with Crippen molar-refractivity contribution in [2.24, 2.45) is 0 Å². The monoisotopic (exact) mass is 277 g/mol. The van der Waals surface area contributed by atoms with Crippen molar-refractivity contribution in [2.45, 2.75) is 46.2 Å². The predicted molar refractivity (Wildman–Crippen MR) is 81.7 cm³/mol. The van der Waals surface area contributed by atoms with Crippen molar-refractivity contribution in [3.05, 3.63) is 39.8 Å². The van der Waals surface area contributed by atoms with Crippen molar-refractivity contribution in [1.29, 1.82) is 0 Å². The first kappa shape index (κ1) is 14.3. The van der Waals surface area contributed by atoms with Crippen LogP contribution in [-0.4, -0.2) is 16.3 Å². The first-order chi connectivity index (χ1) is 9.30. The van der Waals surface area contributed by atoms with Crippen molar-refractivity contribution in [3.8, 4) is 0 Å². The predicted octanol–water partition coefficient (Wildman–Crippen LogP) is 3.62. The van der Waals surface area contributed by atoms with Gasteiger partial charge in [-0.3, -0.25) is 4.68 Å². The molecule has 0 spiro atoms. The number of nitrogens with zero attached hydrogens (tertiary/aromatic N) is 2. The zero-order chi connectivity index (χ0) is 13.7. The third-order valence-electron chi connectivity index (χ3n) is 3.33. The van der Waals surface area contributed by atoms with E-state index in [0.717, 1.165) is 25.9 Å². The second-order valence-electron chi connectivity index (χ2n) is 4.68. The molecule has 2 heterocycles. The maximum absolute atomic E-state index is 4.41. The van der Waals surface area contributed by atoms with Crippen LogP contribution < -0.4 is 5.32 Å². The zero-order valence-electron chi connectivity index (χ0n) is 12.0. The van der Waals surface area contributed by atoms with E-state index in [1.54, 1.807) is 0 Å². The van der Waals surface area contributed by atoms with Crippen molar-refractivity contribution in [3.63, 3.8) is 0 Å². The van der Waals surface area contributed by atoms with Gasteiger partial charge >= 0.3 is 0 Å². The molecule has 3 nitrogen and oxygen atoms in total. The Morgan fingerprint density at radius 2 is 2.21 bits per heavy atom. The number of rotatable bonds is 7. The molecule has 19 heavy (non-hydrogen) atoms. The molecule has 104 valence electrons. The SMILES string of the molecule is CCCNC(c1cnn(CC)c1)c1sccc1CC. The highest BCUT2D eigenvalue weighted by Crippen LogP contribution is 2.30. The summed E-state index contributed by atoms with van der Waals surface area (Å²) in [5.74, 6) is 0. The normalized spacial score (nSPS) is 12.8. The largest absolute Gasteiger partial charge is 0.305 e. The summed E-state index contributed by atoms with van der Waals surface area (Å²) in [4.78, 5) is 1.44. The summed E-state index contributed by atoms with van der Waals surface area (Å²) < 4.78 is 2.00. The van der Waals surface area contributed by atoms with E-state index in [1.165, 1.54) is 16.0 Å². The van der Waals surface area contributed by atoms with E-state index in [0.29, 0.717) is 0 Å². The van der Waals surface area contributed by atoms with Crippen LogP contribution in [0.2, 0.25) is 0 Å². The van der Waals surface area contributed by atoms with E-state index >= 15 is 0 Å². The molecule has 0 saturated carbocycles. The summed E-state index contributed by atoms with van der Waals surface area (Å²) in [5.41, 5.74) is 2.72. The van der Waals surface area contributed by atoms with E-state index in [1.807, 2.05) is 22.2 Å². The number of aromatic nitrogens is 2. The summed E-state index contributed by atoms with van der Waals surface area (Å²) >= 11 is 1.84. The molecular formula is C15H23N3S. The fourth-order valence-corrected chi connectivity index (χ4v) is 3.34. The van der Waals surface area contributed by atoms with Gasteiger partial charge in [-0.05, 0) is 43.3 Å². The van der Waals surface area contributed by atoms with Crippen molar-refractivity contribution in [1.82, 2.24) is 15.1 Å². The molecule has 1 N–H and O–H groups in total. The molecule has 0 saturated heterocycles.